The highest BCUT2D eigenvalue weighted by Gasteiger charge is 2.46. The van der Waals surface area contributed by atoms with Crippen LogP contribution in [0, 0.1) is 0 Å². The van der Waals surface area contributed by atoms with Gasteiger partial charge in [-0.2, -0.15) is 0 Å². The SMILES string of the molecule is CCCC[C@](C)(O)CC[P+](c1ccccc1)(c1ccccc1)c1ccccc1. The summed E-state index contributed by atoms with van der Waals surface area (Å²) in [6.07, 6.45) is 4.83. The molecular weight excluding hydrogens is 359 g/mol. The lowest BCUT2D eigenvalue weighted by molar-refractivity contribution is 0.0457. The van der Waals surface area contributed by atoms with Gasteiger partial charge in [-0.25, -0.2) is 0 Å². The van der Waals surface area contributed by atoms with E-state index in [1.165, 1.54) is 15.9 Å². The molecule has 0 heterocycles. The topological polar surface area (TPSA) is 20.2 Å². The van der Waals surface area contributed by atoms with E-state index in [1.54, 1.807) is 0 Å². The van der Waals surface area contributed by atoms with Crippen molar-refractivity contribution in [2.45, 2.75) is 45.1 Å². The minimum atomic E-state index is -1.84. The Balaban J connectivity index is 2.11. The fourth-order valence-corrected chi connectivity index (χ4v) is 8.50. The molecule has 0 aromatic heterocycles. The zero-order chi connectivity index (χ0) is 19.9. The monoisotopic (exact) mass is 391 g/mol. The number of rotatable bonds is 9. The van der Waals surface area contributed by atoms with E-state index in [-0.39, 0.29) is 0 Å². The summed E-state index contributed by atoms with van der Waals surface area (Å²) in [4.78, 5) is 0. The fourth-order valence-electron chi connectivity index (χ4n) is 3.97. The Labute approximate surface area is 170 Å². The third kappa shape index (κ3) is 4.72. The third-order valence-corrected chi connectivity index (χ3v) is 10.1. The highest BCUT2D eigenvalue weighted by Crippen LogP contribution is 2.56. The summed E-state index contributed by atoms with van der Waals surface area (Å²) in [5.74, 6) is 0. The number of benzene rings is 3. The highest BCUT2D eigenvalue weighted by atomic mass is 31.2. The molecule has 0 radical (unpaired) electrons. The first-order valence-corrected chi connectivity index (χ1v) is 12.3. The Kier molecular flexibility index (Phi) is 7.05. The van der Waals surface area contributed by atoms with E-state index in [1.807, 2.05) is 6.92 Å². The molecule has 0 saturated carbocycles. The maximum Gasteiger partial charge on any atom is 0.112 e. The lowest BCUT2D eigenvalue weighted by atomic mass is 9.96. The minimum absolute atomic E-state index is 0.625. The maximum atomic E-state index is 11.1. The summed E-state index contributed by atoms with van der Waals surface area (Å²) in [5.41, 5.74) is -0.625. The number of hydrogen-bond acceptors (Lipinski definition) is 1. The van der Waals surface area contributed by atoms with Gasteiger partial charge in [0.15, 0.2) is 0 Å². The van der Waals surface area contributed by atoms with Crippen LogP contribution in [0.25, 0.3) is 0 Å². The molecule has 1 N–H and O–H groups in total. The van der Waals surface area contributed by atoms with Crippen LogP contribution in [0.4, 0.5) is 0 Å². The molecule has 1 nitrogen and oxygen atoms in total. The van der Waals surface area contributed by atoms with Crippen LogP contribution in [0.1, 0.15) is 39.5 Å². The second-order valence-corrected chi connectivity index (χ2v) is 11.5. The smallest absolute Gasteiger partial charge is 0.112 e. The van der Waals surface area contributed by atoms with Gasteiger partial charge in [0, 0.05) is 6.42 Å². The van der Waals surface area contributed by atoms with E-state index in [0.29, 0.717) is 0 Å². The van der Waals surface area contributed by atoms with E-state index >= 15 is 0 Å². The number of aliphatic hydroxyl groups is 1. The molecule has 3 rings (SSSR count). The summed E-state index contributed by atoms with van der Waals surface area (Å²) in [6, 6.07) is 32.8. The maximum absolute atomic E-state index is 11.1. The van der Waals surface area contributed by atoms with E-state index in [2.05, 4.69) is 97.9 Å². The van der Waals surface area contributed by atoms with Crippen molar-refractivity contribution in [1.29, 1.82) is 0 Å². The van der Waals surface area contributed by atoms with Gasteiger partial charge in [0.05, 0.1) is 11.8 Å². The lowest BCUT2D eigenvalue weighted by Crippen LogP contribution is -2.36. The molecule has 0 amide bonds. The second kappa shape index (κ2) is 9.50. The minimum Gasteiger partial charge on any atom is -0.390 e. The second-order valence-electron chi connectivity index (χ2n) is 7.89. The first kappa shape index (κ1) is 20.8. The highest BCUT2D eigenvalue weighted by molar-refractivity contribution is 7.95. The van der Waals surface area contributed by atoms with Gasteiger partial charge in [-0.1, -0.05) is 74.4 Å². The number of unbranched alkanes of at least 4 members (excludes halogenated alkanes) is 1. The van der Waals surface area contributed by atoms with Crippen molar-refractivity contribution >= 4 is 23.2 Å². The molecule has 3 aromatic carbocycles. The standard InChI is InChI=1S/C26H32OP/c1-3-4-20-26(2,27)21-22-28(23-14-8-5-9-15-23,24-16-10-6-11-17-24)25-18-12-7-13-19-25/h5-19,27H,3-4,20-22H2,1-2H3/q+1/t26-/m0/s1. The summed E-state index contributed by atoms with van der Waals surface area (Å²) >= 11 is 0. The van der Waals surface area contributed by atoms with Crippen LogP contribution in [0.5, 0.6) is 0 Å². The largest absolute Gasteiger partial charge is 0.390 e. The van der Waals surface area contributed by atoms with Gasteiger partial charge < -0.3 is 5.11 Å². The summed E-state index contributed by atoms with van der Waals surface area (Å²) < 4.78 is 0. The zero-order valence-electron chi connectivity index (χ0n) is 17.1. The molecule has 2 heteroatoms. The van der Waals surface area contributed by atoms with Crippen molar-refractivity contribution < 1.29 is 5.11 Å². The molecule has 0 bridgehead atoms. The molecule has 0 fully saturated rings. The molecule has 1 atom stereocenters. The van der Waals surface area contributed by atoms with Gasteiger partial charge in [0.25, 0.3) is 0 Å². The normalized spacial score (nSPS) is 13.8. The van der Waals surface area contributed by atoms with Crippen LogP contribution in [-0.4, -0.2) is 16.9 Å². The average molecular weight is 392 g/mol. The third-order valence-electron chi connectivity index (χ3n) is 5.65. The predicted molar refractivity (Wildman–Crippen MR) is 125 cm³/mol. The van der Waals surface area contributed by atoms with Crippen LogP contribution < -0.4 is 15.9 Å². The Morgan fingerprint density at radius 3 is 1.43 bits per heavy atom. The zero-order valence-corrected chi connectivity index (χ0v) is 18.0. The van der Waals surface area contributed by atoms with Gasteiger partial charge in [0.1, 0.15) is 23.2 Å². The van der Waals surface area contributed by atoms with Crippen LogP contribution in [0.2, 0.25) is 0 Å². The molecule has 28 heavy (non-hydrogen) atoms. The van der Waals surface area contributed by atoms with Crippen LogP contribution in [0.15, 0.2) is 91.0 Å². The quantitative estimate of drug-likeness (QED) is 0.490. The lowest BCUT2D eigenvalue weighted by Gasteiger charge is -2.31. The predicted octanol–water partition coefficient (Wildman–Crippen LogP) is 5.31. The van der Waals surface area contributed by atoms with E-state index < -0.39 is 12.9 Å². The summed E-state index contributed by atoms with van der Waals surface area (Å²) in [7, 11) is -1.84. The molecule has 0 saturated heterocycles. The van der Waals surface area contributed by atoms with Crippen molar-refractivity contribution in [2.24, 2.45) is 0 Å². The van der Waals surface area contributed by atoms with Crippen LogP contribution in [-0.2, 0) is 0 Å². The van der Waals surface area contributed by atoms with Crippen molar-refractivity contribution in [3.05, 3.63) is 91.0 Å². The molecule has 0 unspecified atom stereocenters. The Hall–Kier alpha value is -1.95. The van der Waals surface area contributed by atoms with Crippen molar-refractivity contribution in [1.82, 2.24) is 0 Å². The molecule has 146 valence electrons. The van der Waals surface area contributed by atoms with Gasteiger partial charge in [-0.05, 0) is 49.7 Å². The molecule has 0 aliphatic heterocycles. The Morgan fingerprint density at radius 2 is 1.07 bits per heavy atom. The van der Waals surface area contributed by atoms with E-state index in [4.69, 9.17) is 0 Å². The average Bonchev–Trinajstić information content (AvgIpc) is 2.75. The first-order valence-electron chi connectivity index (χ1n) is 10.4. The van der Waals surface area contributed by atoms with Crippen molar-refractivity contribution in [2.75, 3.05) is 6.16 Å². The molecular formula is C26H32OP+. The number of hydrogen-bond donors (Lipinski definition) is 1. The molecule has 3 aromatic rings. The Morgan fingerprint density at radius 1 is 0.679 bits per heavy atom. The van der Waals surface area contributed by atoms with Crippen molar-refractivity contribution in [3.63, 3.8) is 0 Å². The molecule has 0 aliphatic carbocycles. The van der Waals surface area contributed by atoms with Crippen LogP contribution in [0.3, 0.4) is 0 Å². The van der Waals surface area contributed by atoms with Crippen molar-refractivity contribution in [3.8, 4) is 0 Å². The van der Waals surface area contributed by atoms with Gasteiger partial charge >= 0.3 is 0 Å². The fraction of sp³-hybridized carbons (Fsp3) is 0.308. The van der Waals surface area contributed by atoms with Crippen LogP contribution >= 0.6 is 7.26 Å². The molecule has 0 spiro atoms. The van der Waals surface area contributed by atoms with Gasteiger partial charge in [-0.3, -0.25) is 0 Å². The van der Waals surface area contributed by atoms with Gasteiger partial charge in [0.2, 0.25) is 0 Å². The Bertz CT molecular complexity index is 731. The van der Waals surface area contributed by atoms with E-state index in [0.717, 1.165) is 31.8 Å². The van der Waals surface area contributed by atoms with E-state index in [9.17, 15) is 5.11 Å². The molecule has 0 aliphatic rings. The summed E-state index contributed by atoms with van der Waals surface area (Å²) in [6.45, 7) is 4.20. The first-order chi connectivity index (χ1) is 13.6. The van der Waals surface area contributed by atoms with Gasteiger partial charge in [-0.15, -0.1) is 0 Å². The summed E-state index contributed by atoms with van der Waals surface area (Å²) in [5, 5.41) is 15.2.